The van der Waals surface area contributed by atoms with Gasteiger partial charge in [-0.05, 0) is 29.9 Å². The van der Waals surface area contributed by atoms with E-state index in [9.17, 15) is 8.42 Å². The summed E-state index contributed by atoms with van der Waals surface area (Å²) in [6, 6.07) is 10.4. The lowest BCUT2D eigenvalue weighted by Gasteiger charge is -2.28. The fourth-order valence-corrected chi connectivity index (χ4v) is 4.00. The Morgan fingerprint density at radius 2 is 1.67 bits per heavy atom. The zero-order valence-corrected chi connectivity index (χ0v) is 14.2. The molecule has 21 heavy (non-hydrogen) atoms. The summed E-state index contributed by atoms with van der Waals surface area (Å²) >= 11 is 6.20. The van der Waals surface area contributed by atoms with Crippen LogP contribution in [0.25, 0.3) is 10.8 Å². The van der Waals surface area contributed by atoms with E-state index in [4.69, 9.17) is 11.6 Å². The van der Waals surface area contributed by atoms with Crippen LogP contribution in [0.4, 0.5) is 0 Å². The van der Waals surface area contributed by atoms with Crippen molar-refractivity contribution in [3.05, 3.63) is 41.4 Å². The number of halogens is 1. The largest absolute Gasteiger partial charge is 0.241 e. The summed E-state index contributed by atoms with van der Waals surface area (Å²) in [5.74, 6) is 0. The highest BCUT2D eigenvalue weighted by molar-refractivity contribution is 7.89. The number of hydrogen-bond donors (Lipinski definition) is 1. The lowest BCUT2D eigenvalue weighted by Crippen LogP contribution is -2.41. The first-order chi connectivity index (χ1) is 9.63. The van der Waals surface area contributed by atoms with Gasteiger partial charge in [-0.25, -0.2) is 13.1 Å². The quantitative estimate of drug-likeness (QED) is 0.919. The number of fused-ring (bicyclic) bond motifs is 1. The smallest absolute Gasteiger partial charge is 0.208 e. The van der Waals surface area contributed by atoms with Gasteiger partial charge in [0.15, 0.2) is 0 Å². The van der Waals surface area contributed by atoms with E-state index in [2.05, 4.69) is 4.72 Å². The van der Waals surface area contributed by atoms with E-state index in [1.165, 1.54) is 0 Å². The van der Waals surface area contributed by atoms with Crippen molar-refractivity contribution in [1.82, 2.24) is 4.72 Å². The first kappa shape index (κ1) is 16.3. The van der Waals surface area contributed by atoms with Crippen molar-refractivity contribution in [3.63, 3.8) is 0 Å². The number of hydrogen-bond acceptors (Lipinski definition) is 2. The summed E-state index contributed by atoms with van der Waals surface area (Å²) in [6.45, 7) is 7.85. The molecule has 0 spiro atoms. The van der Waals surface area contributed by atoms with Crippen molar-refractivity contribution >= 4 is 32.4 Å². The lowest BCUT2D eigenvalue weighted by atomic mass is 9.89. The first-order valence-corrected chi connectivity index (χ1v) is 8.68. The normalized spacial score (nSPS) is 14.3. The van der Waals surface area contributed by atoms with E-state index in [1.54, 1.807) is 18.2 Å². The van der Waals surface area contributed by atoms with Crippen molar-refractivity contribution in [2.75, 3.05) is 0 Å². The molecule has 1 N–H and O–H groups in total. The predicted molar refractivity (Wildman–Crippen MR) is 88.2 cm³/mol. The summed E-state index contributed by atoms with van der Waals surface area (Å²) < 4.78 is 28.1. The van der Waals surface area contributed by atoms with E-state index in [-0.39, 0.29) is 16.4 Å². The minimum Gasteiger partial charge on any atom is -0.208 e. The highest BCUT2D eigenvalue weighted by atomic mass is 35.5. The van der Waals surface area contributed by atoms with Crippen LogP contribution < -0.4 is 4.72 Å². The molecular formula is C16H20ClNO2S. The minimum absolute atomic E-state index is 0.165. The molecule has 114 valence electrons. The van der Waals surface area contributed by atoms with Crippen LogP contribution in [0.1, 0.15) is 27.7 Å². The number of sulfonamides is 1. The van der Waals surface area contributed by atoms with Crippen LogP contribution in [-0.2, 0) is 10.0 Å². The van der Waals surface area contributed by atoms with Crippen LogP contribution in [0.3, 0.4) is 0 Å². The molecule has 0 fully saturated rings. The standard InChI is InChI=1S/C16H20ClNO2S/c1-11(16(2,3)4)18-21(19,20)14-10-6-8-12-7-5-9-13(17)15(12)14/h5-11,18H,1-4H3/t11-/m1/s1. The SMILES string of the molecule is C[C@@H](NS(=O)(=O)c1cccc2cccc(Cl)c12)C(C)(C)C. The Balaban J connectivity index is 2.56. The highest BCUT2D eigenvalue weighted by Crippen LogP contribution is 2.30. The monoisotopic (exact) mass is 325 g/mol. The molecule has 0 aromatic heterocycles. The molecule has 0 heterocycles. The summed E-state index contributed by atoms with van der Waals surface area (Å²) in [4.78, 5) is 0.224. The average molecular weight is 326 g/mol. The molecule has 2 aromatic rings. The molecule has 0 unspecified atom stereocenters. The third-order valence-corrected chi connectivity index (χ3v) is 5.63. The molecular weight excluding hydrogens is 306 g/mol. The van der Waals surface area contributed by atoms with Crippen molar-refractivity contribution in [2.45, 2.75) is 38.6 Å². The van der Waals surface area contributed by atoms with Gasteiger partial charge in [-0.15, -0.1) is 0 Å². The fourth-order valence-electron chi connectivity index (χ4n) is 1.96. The van der Waals surface area contributed by atoms with Gasteiger partial charge in [-0.1, -0.05) is 56.6 Å². The van der Waals surface area contributed by atoms with E-state index in [0.717, 1.165) is 5.39 Å². The Bertz CT molecular complexity index is 758. The maximum Gasteiger partial charge on any atom is 0.241 e. The number of rotatable bonds is 3. The summed E-state index contributed by atoms with van der Waals surface area (Å²) in [5, 5.41) is 1.82. The lowest BCUT2D eigenvalue weighted by molar-refractivity contribution is 0.318. The van der Waals surface area contributed by atoms with Gasteiger partial charge in [0.1, 0.15) is 0 Å². The van der Waals surface area contributed by atoms with Crippen LogP contribution in [0.2, 0.25) is 5.02 Å². The molecule has 0 aliphatic heterocycles. The summed E-state index contributed by atoms with van der Waals surface area (Å²) in [5.41, 5.74) is -0.165. The molecule has 0 saturated heterocycles. The summed E-state index contributed by atoms with van der Waals surface area (Å²) in [6.07, 6.45) is 0. The van der Waals surface area contributed by atoms with Crippen LogP contribution in [0, 0.1) is 5.41 Å². The highest BCUT2D eigenvalue weighted by Gasteiger charge is 2.27. The van der Waals surface area contributed by atoms with Gasteiger partial charge in [0, 0.05) is 16.5 Å². The molecule has 0 amide bonds. The first-order valence-electron chi connectivity index (χ1n) is 6.82. The van der Waals surface area contributed by atoms with E-state index >= 15 is 0 Å². The van der Waals surface area contributed by atoms with E-state index in [0.29, 0.717) is 10.4 Å². The molecule has 0 saturated carbocycles. The predicted octanol–water partition coefficient (Wildman–Crippen LogP) is 4.21. The third-order valence-electron chi connectivity index (χ3n) is 3.74. The van der Waals surface area contributed by atoms with E-state index < -0.39 is 10.0 Å². The number of benzene rings is 2. The maximum atomic E-state index is 12.7. The van der Waals surface area contributed by atoms with Gasteiger partial charge in [-0.2, -0.15) is 0 Å². The number of nitrogens with one attached hydrogen (secondary N) is 1. The molecule has 5 heteroatoms. The van der Waals surface area contributed by atoms with E-state index in [1.807, 2.05) is 45.9 Å². The average Bonchev–Trinajstić information content (AvgIpc) is 2.37. The minimum atomic E-state index is -3.63. The van der Waals surface area contributed by atoms with Gasteiger partial charge < -0.3 is 0 Å². The van der Waals surface area contributed by atoms with Gasteiger partial charge in [-0.3, -0.25) is 0 Å². The van der Waals surface area contributed by atoms with Crippen LogP contribution in [-0.4, -0.2) is 14.5 Å². The van der Waals surface area contributed by atoms with Gasteiger partial charge in [0.05, 0.1) is 4.90 Å². The van der Waals surface area contributed by atoms with Gasteiger partial charge in [0.2, 0.25) is 10.0 Å². The Labute approximate surface area is 131 Å². The second-order valence-electron chi connectivity index (χ2n) is 6.30. The molecule has 0 bridgehead atoms. The molecule has 0 aliphatic carbocycles. The summed E-state index contributed by atoms with van der Waals surface area (Å²) in [7, 11) is -3.63. The van der Waals surface area contributed by atoms with Crippen molar-refractivity contribution in [2.24, 2.45) is 5.41 Å². The van der Waals surface area contributed by atoms with Crippen molar-refractivity contribution in [3.8, 4) is 0 Å². The molecule has 3 nitrogen and oxygen atoms in total. The molecule has 0 aliphatic rings. The fraction of sp³-hybridized carbons (Fsp3) is 0.375. The second-order valence-corrected chi connectivity index (χ2v) is 8.39. The Kier molecular flexibility index (Phi) is 4.34. The molecule has 0 radical (unpaired) electrons. The second kappa shape index (κ2) is 5.59. The molecule has 2 aromatic carbocycles. The van der Waals surface area contributed by atoms with Crippen molar-refractivity contribution in [1.29, 1.82) is 0 Å². The Morgan fingerprint density at radius 1 is 1.10 bits per heavy atom. The van der Waals surface area contributed by atoms with Crippen LogP contribution in [0.15, 0.2) is 41.3 Å². The Hall–Kier alpha value is -1.10. The maximum absolute atomic E-state index is 12.7. The van der Waals surface area contributed by atoms with Crippen LogP contribution in [0.5, 0.6) is 0 Å². The van der Waals surface area contributed by atoms with Crippen LogP contribution >= 0.6 is 11.6 Å². The third kappa shape index (κ3) is 3.39. The van der Waals surface area contributed by atoms with Gasteiger partial charge in [0.25, 0.3) is 0 Å². The molecule has 2 rings (SSSR count). The zero-order valence-electron chi connectivity index (χ0n) is 12.6. The van der Waals surface area contributed by atoms with Crippen molar-refractivity contribution < 1.29 is 8.42 Å². The Morgan fingerprint density at radius 3 is 2.24 bits per heavy atom. The molecule has 1 atom stereocenters. The zero-order chi connectivity index (χ0) is 15.8. The topological polar surface area (TPSA) is 46.2 Å². The van der Waals surface area contributed by atoms with Gasteiger partial charge >= 0.3 is 0 Å².